The van der Waals surface area contributed by atoms with Crippen LogP contribution in [0.1, 0.15) is 11.1 Å². The standard InChI is InChI=1S/C19H17N5O/c1-20-18-11-21-10-17(24-18)14-7-12(19(25)23-9-14)6-13-8-22-16-5-3-2-4-15(13)16/h2-7,9-11,22H,8H2,1H3,(H,20,24)(H,23,25)/b13-6+. The number of aromatic amines is 1. The number of benzene rings is 1. The maximum atomic E-state index is 12.3. The minimum atomic E-state index is -0.127. The molecule has 0 amide bonds. The predicted molar refractivity (Wildman–Crippen MR) is 100 cm³/mol. The van der Waals surface area contributed by atoms with E-state index < -0.39 is 0 Å². The highest BCUT2D eigenvalue weighted by Crippen LogP contribution is 2.31. The van der Waals surface area contributed by atoms with Crippen LogP contribution in [0.5, 0.6) is 0 Å². The first-order valence-corrected chi connectivity index (χ1v) is 8.01. The average Bonchev–Trinajstić information content (AvgIpc) is 3.07. The Morgan fingerprint density at radius 2 is 2.12 bits per heavy atom. The summed E-state index contributed by atoms with van der Waals surface area (Å²) in [6.45, 7) is 0.706. The molecule has 1 aliphatic rings. The van der Waals surface area contributed by atoms with Crippen molar-refractivity contribution in [2.24, 2.45) is 0 Å². The highest BCUT2D eigenvalue weighted by Gasteiger charge is 2.15. The number of nitrogens with zero attached hydrogens (tertiary/aromatic N) is 2. The van der Waals surface area contributed by atoms with E-state index in [1.54, 1.807) is 25.6 Å². The van der Waals surface area contributed by atoms with Crippen LogP contribution in [0.2, 0.25) is 0 Å². The molecule has 6 nitrogen and oxygen atoms in total. The smallest absolute Gasteiger partial charge is 0.255 e. The van der Waals surface area contributed by atoms with E-state index in [2.05, 4.69) is 31.7 Å². The number of aromatic nitrogens is 3. The first kappa shape index (κ1) is 15.1. The molecule has 25 heavy (non-hydrogen) atoms. The monoisotopic (exact) mass is 331 g/mol. The van der Waals surface area contributed by atoms with Crippen molar-refractivity contribution in [3.8, 4) is 11.3 Å². The van der Waals surface area contributed by atoms with E-state index in [-0.39, 0.29) is 5.56 Å². The van der Waals surface area contributed by atoms with E-state index in [0.717, 1.165) is 22.4 Å². The highest BCUT2D eigenvalue weighted by atomic mass is 16.1. The molecular formula is C19H17N5O. The lowest BCUT2D eigenvalue weighted by Crippen LogP contribution is -2.09. The Labute approximate surface area is 144 Å². The van der Waals surface area contributed by atoms with Crippen molar-refractivity contribution in [3.63, 3.8) is 0 Å². The molecule has 4 rings (SSSR count). The van der Waals surface area contributed by atoms with Gasteiger partial charge in [0.1, 0.15) is 5.82 Å². The molecule has 0 radical (unpaired) electrons. The van der Waals surface area contributed by atoms with Crippen LogP contribution >= 0.6 is 0 Å². The number of para-hydroxylation sites is 1. The van der Waals surface area contributed by atoms with Gasteiger partial charge < -0.3 is 15.6 Å². The van der Waals surface area contributed by atoms with E-state index in [1.807, 2.05) is 30.3 Å². The lowest BCUT2D eigenvalue weighted by molar-refractivity contribution is 1.17. The van der Waals surface area contributed by atoms with Gasteiger partial charge in [-0.25, -0.2) is 4.98 Å². The Bertz CT molecular complexity index is 1020. The summed E-state index contributed by atoms with van der Waals surface area (Å²) in [6, 6.07) is 9.93. The lowest BCUT2D eigenvalue weighted by Gasteiger charge is -2.05. The van der Waals surface area contributed by atoms with Crippen molar-refractivity contribution in [1.82, 2.24) is 15.0 Å². The van der Waals surface area contributed by atoms with Gasteiger partial charge >= 0.3 is 0 Å². The molecule has 6 heteroatoms. The summed E-state index contributed by atoms with van der Waals surface area (Å²) in [5, 5.41) is 6.31. The summed E-state index contributed by atoms with van der Waals surface area (Å²) in [6.07, 6.45) is 6.92. The molecule has 2 aromatic heterocycles. The van der Waals surface area contributed by atoms with Crippen molar-refractivity contribution < 1.29 is 0 Å². The zero-order valence-electron chi connectivity index (χ0n) is 13.7. The molecule has 0 unspecified atom stereocenters. The zero-order chi connectivity index (χ0) is 17.2. The maximum Gasteiger partial charge on any atom is 0.255 e. The van der Waals surface area contributed by atoms with Crippen molar-refractivity contribution in [1.29, 1.82) is 0 Å². The number of fused-ring (bicyclic) bond motifs is 1. The predicted octanol–water partition coefficient (Wildman–Crippen LogP) is 2.84. The molecule has 0 atom stereocenters. The van der Waals surface area contributed by atoms with Gasteiger partial charge in [0.05, 0.1) is 18.1 Å². The first-order valence-electron chi connectivity index (χ1n) is 8.01. The van der Waals surface area contributed by atoms with Crippen molar-refractivity contribution in [2.75, 3.05) is 24.2 Å². The van der Waals surface area contributed by atoms with Gasteiger partial charge in [-0.15, -0.1) is 0 Å². The van der Waals surface area contributed by atoms with Crippen LogP contribution in [-0.4, -0.2) is 28.5 Å². The highest BCUT2D eigenvalue weighted by molar-refractivity contribution is 5.93. The minimum absolute atomic E-state index is 0.127. The fourth-order valence-electron chi connectivity index (χ4n) is 2.90. The van der Waals surface area contributed by atoms with Crippen molar-refractivity contribution >= 4 is 23.2 Å². The van der Waals surface area contributed by atoms with Gasteiger partial charge in [0, 0.05) is 42.2 Å². The van der Waals surface area contributed by atoms with Gasteiger partial charge in [0.15, 0.2) is 0 Å². The fourth-order valence-corrected chi connectivity index (χ4v) is 2.90. The van der Waals surface area contributed by atoms with E-state index in [1.165, 1.54) is 0 Å². The number of pyridine rings is 1. The van der Waals surface area contributed by atoms with Gasteiger partial charge in [-0.2, -0.15) is 0 Å². The third-order valence-corrected chi connectivity index (χ3v) is 4.19. The molecule has 0 bridgehead atoms. The number of rotatable bonds is 3. The summed E-state index contributed by atoms with van der Waals surface area (Å²) in [4.78, 5) is 23.7. The molecule has 0 aliphatic carbocycles. The van der Waals surface area contributed by atoms with E-state index >= 15 is 0 Å². The fraction of sp³-hybridized carbons (Fsp3) is 0.105. The van der Waals surface area contributed by atoms with Crippen LogP contribution in [-0.2, 0) is 0 Å². The second-order valence-corrected chi connectivity index (χ2v) is 5.78. The Kier molecular flexibility index (Phi) is 3.78. The summed E-state index contributed by atoms with van der Waals surface area (Å²) in [5.74, 6) is 0.678. The summed E-state index contributed by atoms with van der Waals surface area (Å²) in [7, 11) is 1.79. The second-order valence-electron chi connectivity index (χ2n) is 5.78. The number of hydrogen-bond acceptors (Lipinski definition) is 5. The van der Waals surface area contributed by atoms with Gasteiger partial charge in [-0.05, 0) is 23.8 Å². The van der Waals surface area contributed by atoms with Crippen LogP contribution in [0.15, 0.2) is 53.7 Å². The van der Waals surface area contributed by atoms with E-state index in [4.69, 9.17) is 0 Å². The molecule has 0 spiro atoms. The topological polar surface area (TPSA) is 82.7 Å². The molecule has 1 aromatic carbocycles. The number of anilines is 2. The summed E-state index contributed by atoms with van der Waals surface area (Å²) >= 11 is 0. The second kappa shape index (κ2) is 6.24. The molecule has 1 aliphatic heterocycles. The van der Waals surface area contributed by atoms with Crippen LogP contribution in [0.3, 0.4) is 0 Å². The van der Waals surface area contributed by atoms with Gasteiger partial charge in [0.25, 0.3) is 5.56 Å². The number of H-pyrrole nitrogens is 1. The Hall–Kier alpha value is -3.41. The van der Waals surface area contributed by atoms with Gasteiger partial charge in [0.2, 0.25) is 0 Å². The molecule has 3 N–H and O–H groups in total. The van der Waals surface area contributed by atoms with Crippen LogP contribution in [0.4, 0.5) is 11.5 Å². The number of nitrogens with one attached hydrogen (secondary N) is 3. The first-order chi connectivity index (χ1) is 12.2. The molecule has 124 valence electrons. The Balaban J connectivity index is 1.76. The summed E-state index contributed by atoms with van der Waals surface area (Å²) < 4.78 is 0. The van der Waals surface area contributed by atoms with Crippen LogP contribution in [0.25, 0.3) is 22.9 Å². The quantitative estimate of drug-likeness (QED) is 0.687. The van der Waals surface area contributed by atoms with Crippen LogP contribution in [0, 0.1) is 0 Å². The van der Waals surface area contributed by atoms with Crippen molar-refractivity contribution in [2.45, 2.75) is 0 Å². The SMILES string of the molecule is CNc1cncc(-c2c[nH]c(=O)c(/C=C3\CNc4ccccc43)c2)n1. The average molecular weight is 331 g/mol. The minimum Gasteiger partial charge on any atom is -0.380 e. The lowest BCUT2D eigenvalue weighted by atomic mass is 10.0. The zero-order valence-corrected chi connectivity index (χ0v) is 13.7. The molecule has 3 aromatic rings. The molecule has 3 heterocycles. The van der Waals surface area contributed by atoms with E-state index in [0.29, 0.717) is 23.6 Å². The number of hydrogen-bond donors (Lipinski definition) is 3. The third-order valence-electron chi connectivity index (χ3n) is 4.19. The third kappa shape index (κ3) is 2.89. The van der Waals surface area contributed by atoms with Gasteiger partial charge in [-0.3, -0.25) is 9.78 Å². The van der Waals surface area contributed by atoms with Crippen molar-refractivity contribution in [3.05, 3.63) is 70.4 Å². The summed E-state index contributed by atoms with van der Waals surface area (Å²) in [5.41, 5.74) is 5.30. The molecule has 0 saturated heterocycles. The molecule has 0 fully saturated rings. The molecular weight excluding hydrogens is 314 g/mol. The van der Waals surface area contributed by atoms with Gasteiger partial charge in [-0.1, -0.05) is 18.2 Å². The molecule has 0 saturated carbocycles. The van der Waals surface area contributed by atoms with E-state index in [9.17, 15) is 4.79 Å². The normalized spacial score (nSPS) is 14.2. The maximum absolute atomic E-state index is 12.3. The van der Waals surface area contributed by atoms with Crippen LogP contribution < -0.4 is 16.2 Å². The largest absolute Gasteiger partial charge is 0.380 e. The Morgan fingerprint density at radius 3 is 3.00 bits per heavy atom. The Morgan fingerprint density at radius 1 is 1.24 bits per heavy atom.